The summed E-state index contributed by atoms with van der Waals surface area (Å²) < 4.78 is 14.1. The Hall–Kier alpha value is -1.19. The van der Waals surface area contributed by atoms with Crippen molar-refractivity contribution in [2.45, 2.75) is 31.7 Å². The second-order valence-corrected chi connectivity index (χ2v) is 6.67. The lowest BCUT2D eigenvalue weighted by atomic mass is 9.86. The third-order valence-corrected chi connectivity index (χ3v) is 5.18. The molecule has 3 rings (SSSR count). The fourth-order valence-electron chi connectivity index (χ4n) is 3.27. The Morgan fingerprint density at radius 3 is 2.81 bits per heavy atom. The minimum Gasteiger partial charge on any atom is -0.324 e. The first-order valence-corrected chi connectivity index (χ1v) is 8.22. The monoisotopic (exact) mass is 347 g/mol. The van der Waals surface area contributed by atoms with E-state index in [0.29, 0.717) is 5.92 Å². The Labute approximate surface area is 133 Å². The van der Waals surface area contributed by atoms with Gasteiger partial charge < -0.3 is 5.73 Å². The van der Waals surface area contributed by atoms with Crippen LogP contribution in [0.1, 0.15) is 35.6 Å². The van der Waals surface area contributed by atoms with Gasteiger partial charge in [0.25, 0.3) is 0 Å². The van der Waals surface area contributed by atoms with Gasteiger partial charge in [-0.1, -0.05) is 46.3 Å². The summed E-state index contributed by atoms with van der Waals surface area (Å²) in [6, 6.07) is 13.5. The minimum atomic E-state index is -0.207. The maximum absolute atomic E-state index is 13.2. The number of hydrogen-bond donors (Lipinski definition) is 1. The molecule has 21 heavy (non-hydrogen) atoms. The molecule has 2 unspecified atom stereocenters. The Bertz CT molecular complexity index is 641. The lowest BCUT2D eigenvalue weighted by Crippen LogP contribution is -2.23. The van der Waals surface area contributed by atoms with Crippen LogP contribution in [0.15, 0.2) is 46.9 Å². The lowest BCUT2D eigenvalue weighted by molar-refractivity contribution is 0.401. The topological polar surface area (TPSA) is 26.0 Å². The first-order valence-electron chi connectivity index (χ1n) is 7.42. The Kier molecular flexibility index (Phi) is 4.41. The van der Waals surface area contributed by atoms with Crippen LogP contribution in [-0.2, 0) is 12.8 Å². The number of rotatable bonds is 2. The van der Waals surface area contributed by atoms with E-state index in [1.165, 1.54) is 23.3 Å². The normalized spacial score (nSPS) is 21.7. The van der Waals surface area contributed by atoms with Crippen molar-refractivity contribution in [3.63, 3.8) is 0 Å². The van der Waals surface area contributed by atoms with Gasteiger partial charge in [0, 0.05) is 10.5 Å². The lowest BCUT2D eigenvalue weighted by Gasteiger charge is -2.23. The highest BCUT2D eigenvalue weighted by molar-refractivity contribution is 9.10. The maximum Gasteiger partial charge on any atom is 0.124 e. The molecule has 1 aliphatic rings. The predicted octanol–water partition coefficient (Wildman–Crippen LogP) is 4.78. The number of fused-ring (bicyclic) bond motifs is 1. The van der Waals surface area contributed by atoms with Crippen LogP contribution >= 0.6 is 15.9 Å². The molecule has 0 spiro atoms. The van der Waals surface area contributed by atoms with Crippen LogP contribution in [-0.4, -0.2) is 0 Å². The maximum atomic E-state index is 13.2. The molecule has 0 aromatic heterocycles. The third-order valence-electron chi connectivity index (χ3n) is 4.44. The zero-order valence-electron chi connectivity index (χ0n) is 11.9. The van der Waals surface area contributed by atoms with Crippen molar-refractivity contribution in [1.82, 2.24) is 0 Å². The van der Waals surface area contributed by atoms with Gasteiger partial charge in [0.1, 0.15) is 5.82 Å². The van der Waals surface area contributed by atoms with Crippen LogP contribution in [0.3, 0.4) is 0 Å². The molecule has 0 amide bonds. The highest BCUT2D eigenvalue weighted by atomic mass is 79.9. The number of halogens is 2. The molecular weight excluding hydrogens is 329 g/mol. The number of hydrogen-bond acceptors (Lipinski definition) is 1. The largest absolute Gasteiger partial charge is 0.324 e. The van der Waals surface area contributed by atoms with Crippen molar-refractivity contribution in [2.75, 3.05) is 0 Å². The molecule has 2 aromatic carbocycles. The van der Waals surface area contributed by atoms with E-state index in [9.17, 15) is 4.39 Å². The van der Waals surface area contributed by atoms with Crippen molar-refractivity contribution in [1.29, 1.82) is 0 Å². The molecule has 3 heteroatoms. The van der Waals surface area contributed by atoms with Gasteiger partial charge in [0.05, 0.1) is 0 Å². The molecule has 1 aliphatic carbocycles. The average Bonchev–Trinajstić information content (AvgIpc) is 2.63. The second-order valence-electron chi connectivity index (χ2n) is 5.82. The van der Waals surface area contributed by atoms with E-state index in [0.717, 1.165) is 35.7 Å². The molecule has 2 N–H and O–H groups in total. The Morgan fingerprint density at radius 2 is 2.00 bits per heavy atom. The summed E-state index contributed by atoms with van der Waals surface area (Å²) in [5.41, 5.74) is 10.3. The zero-order chi connectivity index (χ0) is 14.8. The Balaban J connectivity index is 1.86. The molecule has 2 atom stereocenters. The van der Waals surface area contributed by atoms with Gasteiger partial charge in [0.15, 0.2) is 0 Å². The summed E-state index contributed by atoms with van der Waals surface area (Å²) in [7, 11) is 0. The smallest absolute Gasteiger partial charge is 0.124 e. The van der Waals surface area contributed by atoms with Crippen molar-refractivity contribution in [2.24, 2.45) is 11.7 Å². The van der Waals surface area contributed by atoms with E-state index in [-0.39, 0.29) is 11.9 Å². The van der Waals surface area contributed by atoms with Crippen LogP contribution in [0, 0.1) is 11.7 Å². The summed E-state index contributed by atoms with van der Waals surface area (Å²) >= 11 is 3.46. The van der Waals surface area contributed by atoms with Gasteiger partial charge in [-0.15, -0.1) is 0 Å². The van der Waals surface area contributed by atoms with E-state index < -0.39 is 0 Å². The van der Waals surface area contributed by atoms with Crippen LogP contribution in [0.4, 0.5) is 4.39 Å². The minimum absolute atomic E-state index is 0.0562. The molecule has 1 nitrogen and oxygen atoms in total. The van der Waals surface area contributed by atoms with Crippen LogP contribution in [0.5, 0.6) is 0 Å². The van der Waals surface area contributed by atoms with Gasteiger partial charge in [-0.2, -0.15) is 0 Å². The van der Waals surface area contributed by atoms with Crippen LogP contribution in [0.2, 0.25) is 0 Å². The molecule has 0 aliphatic heterocycles. The fraction of sp³-hybridized carbons (Fsp3) is 0.333. The molecule has 0 fully saturated rings. The van der Waals surface area contributed by atoms with E-state index >= 15 is 0 Å². The quantitative estimate of drug-likeness (QED) is 0.777. The van der Waals surface area contributed by atoms with E-state index in [4.69, 9.17) is 5.73 Å². The number of aryl methyl sites for hydroxylation is 1. The van der Waals surface area contributed by atoms with Gasteiger partial charge in [0.2, 0.25) is 0 Å². The van der Waals surface area contributed by atoms with Gasteiger partial charge in [-0.3, -0.25) is 0 Å². The molecule has 0 saturated heterocycles. The van der Waals surface area contributed by atoms with Gasteiger partial charge in [-0.05, 0) is 60.4 Å². The summed E-state index contributed by atoms with van der Waals surface area (Å²) in [6.45, 7) is 0. The van der Waals surface area contributed by atoms with E-state index in [1.807, 2.05) is 6.07 Å². The molecule has 0 heterocycles. The highest BCUT2D eigenvalue weighted by Crippen LogP contribution is 2.34. The molecule has 110 valence electrons. The first-order chi connectivity index (χ1) is 10.1. The van der Waals surface area contributed by atoms with Crippen molar-refractivity contribution in [3.05, 3.63) is 69.4 Å². The molecule has 0 bridgehead atoms. The fourth-order valence-corrected chi connectivity index (χ4v) is 3.79. The van der Waals surface area contributed by atoms with Crippen molar-refractivity contribution < 1.29 is 4.39 Å². The summed E-state index contributed by atoms with van der Waals surface area (Å²) in [5, 5.41) is 0. The average molecular weight is 348 g/mol. The summed E-state index contributed by atoms with van der Waals surface area (Å²) in [6.07, 6.45) is 4.26. The summed E-state index contributed by atoms with van der Waals surface area (Å²) in [5.74, 6) is 0.191. The molecule has 2 aromatic rings. The first kappa shape index (κ1) is 14.7. The van der Waals surface area contributed by atoms with Crippen molar-refractivity contribution >= 4 is 15.9 Å². The SMILES string of the molecule is NC1c2ccccc2CCCC1Cc1ccc(F)cc1Br. The highest BCUT2D eigenvalue weighted by Gasteiger charge is 2.25. The van der Waals surface area contributed by atoms with E-state index in [1.54, 1.807) is 0 Å². The van der Waals surface area contributed by atoms with Crippen molar-refractivity contribution in [3.8, 4) is 0 Å². The summed E-state index contributed by atoms with van der Waals surface area (Å²) in [4.78, 5) is 0. The molecule has 0 radical (unpaired) electrons. The molecule has 0 saturated carbocycles. The van der Waals surface area contributed by atoms with Crippen LogP contribution < -0.4 is 5.73 Å². The third kappa shape index (κ3) is 3.19. The van der Waals surface area contributed by atoms with Gasteiger partial charge in [-0.25, -0.2) is 4.39 Å². The number of nitrogens with two attached hydrogens (primary N) is 1. The van der Waals surface area contributed by atoms with E-state index in [2.05, 4.69) is 40.2 Å². The number of benzene rings is 2. The predicted molar refractivity (Wildman–Crippen MR) is 87.6 cm³/mol. The Morgan fingerprint density at radius 1 is 1.19 bits per heavy atom. The second kappa shape index (κ2) is 6.29. The standard InChI is InChI=1S/C18H19BrFN/c19-17-11-15(20)9-8-13(17)10-14-6-3-5-12-4-1-2-7-16(12)18(14)21/h1-2,4,7-9,11,14,18H,3,5-6,10,21H2. The van der Waals surface area contributed by atoms with Crippen LogP contribution in [0.25, 0.3) is 0 Å². The van der Waals surface area contributed by atoms with Gasteiger partial charge >= 0.3 is 0 Å². The molecular formula is C18H19BrFN. The zero-order valence-corrected chi connectivity index (χ0v) is 13.4.